The molecule has 0 aliphatic rings. The van der Waals surface area contributed by atoms with Crippen LogP contribution in [0.5, 0.6) is 0 Å². The minimum atomic E-state index is -4.64. The van der Waals surface area contributed by atoms with Gasteiger partial charge in [0.1, 0.15) is 0 Å². The molecule has 0 amide bonds. The molecule has 0 atom stereocenters. The number of carboxylic acids is 1. The van der Waals surface area contributed by atoms with Gasteiger partial charge in [-0.25, -0.2) is 4.79 Å². The normalized spacial score (nSPS) is 12.6. The van der Waals surface area contributed by atoms with Crippen molar-refractivity contribution in [2.45, 2.75) is 13.1 Å². The van der Waals surface area contributed by atoms with E-state index in [4.69, 9.17) is 5.11 Å². The number of aliphatic carboxylic acids is 1. The number of rotatable bonds is 2. The Morgan fingerprint density at radius 3 is 2.31 bits per heavy atom. The molecule has 0 bridgehead atoms. The van der Waals surface area contributed by atoms with Crippen LogP contribution in [0.25, 0.3) is 5.57 Å². The molecule has 1 N–H and O–H groups in total. The summed E-state index contributed by atoms with van der Waals surface area (Å²) in [6, 6.07) is 6.03. The van der Waals surface area contributed by atoms with Gasteiger partial charge in [-0.3, -0.25) is 0 Å². The Morgan fingerprint density at radius 1 is 1.31 bits per heavy atom. The second-order valence-corrected chi connectivity index (χ2v) is 3.22. The third-order valence-corrected chi connectivity index (χ3v) is 1.97. The summed E-state index contributed by atoms with van der Waals surface area (Å²) in [4.78, 5) is 10.8. The maximum absolute atomic E-state index is 12.1. The van der Waals surface area contributed by atoms with Crippen molar-refractivity contribution in [1.82, 2.24) is 0 Å². The molecule has 0 spiro atoms. The van der Waals surface area contributed by atoms with Gasteiger partial charge in [0.05, 0.1) is 5.57 Å². The standard InChI is InChI=1S/C11H9F3O2/c1-7-4-2-3-5-8(7)9(10(15)16)6-11(12,13)14/h2-6H,1H3,(H,15,16)/b9-6+. The van der Waals surface area contributed by atoms with Crippen molar-refractivity contribution >= 4 is 11.5 Å². The highest BCUT2D eigenvalue weighted by Gasteiger charge is 2.27. The maximum Gasteiger partial charge on any atom is 0.410 e. The van der Waals surface area contributed by atoms with Crippen molar-refractivity contribution in [3.63, 3.8) is 0 Å². The zero-order valence-corrected chi connectivity index (χ0v) is 8.38. The van der Waals surface area contributed by atoms with Gasteiger partial charge in [-0.05, 0) is 18.1 Å². The third kappa shape index (κ3) is 3.12. The van der Waals surface area contributed by atoms with Gasteiger partial charge in [0.15, 0.2) is 0 Å². The highest BCUT2D eigenvalue weighted by molar-refractivity contribution is 6.15. The quantitative estimate of drug-likeness (QED) is 0.793. The molecule has 16 heavy (non-hydrogen) atoms. The molecule has 1 aromatic rings. The van der Waals surface area contributed by atoms with E-state index in [2.05, 4.69) is 0 Å². The predicted molar refractivity (Wildman–Crippen MR) is 52.8 cm³/mol. The lowest BCUT2D eigenvalue weighted by molar-refractivity contribution is -0.131. The fourth-order valence-electron chi connectivity index (χ4n) is 1.29. The Hall–Kier alpha value is -1.78. The lowest BCUT2D eigenvalue weighted by atomic mass is 10.0. The second kappa shape index (κ2) is 4.38. The summed E-state index contributed by atoms with van der Waals surface area (Å²) in [7, 11) is 0. The van der Waals surface area contributed by atoms with Crippen molar-refractivity contribution in [3.05, 3.63) is 41.5 Å². The number of hydrogen-bond donors (Lipinski definition) is 1. The number of allylic oxidation sites excluding steroid dienone is 1. The van der Waals surface area contributed by atoms with E-state index < -0.39 is 17.7 Å². The molecule has 86 valence electrons. The second-order valence-electron chi connectivity index (χ2n) is 3.22. The highest BCUT2D eigenvalue weighted by Crippen LogP contribution is 2.26. The zero-order chi connectivity index (χ0) is 12.3. The summed E-state index contributed by atoms with van der Waals surface area (Å²) in [5.74, 6) is -1.59. The van der Waals surface area contributed by atoms with E-state index in [-0.39, 0.29) is 11.6 Å². The molecule has 0 saturated heterocycles. The Bertz CT molecular complexity index is 433. The van der Waals surface area contributed by atoms with Crippen LogP contribution < -0.4 is 0 Å². The fraction of sp³-hybridized carbons (Fsp3) is 0.182. The Labute approximate surface area is 90.0 Å². The van der Waals surface area contributed by atoms with E-state index in [1.165, 1.54) is 12.1 Å². The minimum Gasteiger partial charge on any atom is -0.478 e. The van der Waals surface area contributed by atoms with Gasteiger partial charge in [0, 0.05) is 6.08 Å². The monoisotopic (exact) mass is 230 g/mol. The number of carbonyl (C=O) groups is 1. The molecule has 1 rings (SSSR count). The number of carboxylic acid groups (broad SMARTS) is 1. The molecule has 0 aliphatic carbocycles. The molecule has 0 aliphatic heterocycles. The number of hydrogen-bond acceptors (Lipinski definition) is 1. The van der Waals surface area contributed by atoms with Crippen molar-refractivity contribution in [1.29, 1.82) is 0 Å². The summed E-state index contributed by atoms with van der Waals surface area (Å²) < 4.78 is 36.4. The van der Waals surface area contributed by atoms with Gasteiger partial charge in [0.2, 0.25) is 0 Å². The first-order valence-corrected chi connectivity index (χ1v) is 4.40. The van der Waals surface area contributed by atoms with Gasteiger partial charge >= 0.3 is 12.1 Å². The number of alkyl halides is 3. The smallest absolute Gasteiger partial charge is 0.410 e. The minimum absolute atomic E-state index is 0.0762. The number of halogens is 3. The van der Waals surface area contributed by atoms with E-state index in [1.54, 1.807) is 19.1 Å². The highest BCUT2D eigenvalue weighted by atomic mass is 19.4. The van der Waals surface area contributed by atoms with Crippen LogP contribution in [-0.2, 0) is 4.79 Å². The third-order valence-electron chi connectivity index (χ3n) is 1.97. The summed E-state index contributed by atoms with van der Waals surface area (Å²) in [5.41, 5.74) is -0.182. The lowest BCUT2D eigenvalue weighted by Gasteiger charge is -2.08. The Kier molecular flexibility index (Phi) is 3.37. The van der Waals surface area contributed by atoms with Crippen molar-refractivity contribution in [2.75, 3.05) is 0 Å². The van der Waals surface area contributed by atoms with Gasteiger partial charge in [-0.1, -0.05) is 24.3 Å². The number of aryl methyl sites for hydroxylation is 1. The molecule has 0 heterocycles. The maximum atomic E-state index is 12.1. The fourth-order valence-corrected chi connectivity index (χ4v) is 1.29. The predicted octanol–water partition coefficient (Wildman–Crippen LogP) is 3.03. The van der Waals surface area contributed by atoms with Gasteiger partial charge in [-0.15, -0.1) is 0 Å². The van der Waals surface area contributed by atoms with Gasteiger partial charge < -0.3 is 5.11 Å². The molecular weight excluding hydrogens is 221 g/mol. The van der Waals surface area contributed by atoms with E-state index in [9.17, 15) is 18.0 Å². The van der Waals surface area contributed by atoms with Crippen LogP contribution in [0, 0.1) is 6.92 Å². The van der Waals surface area contributed by atoms with Crippen LogP contribution in [0.15, 0.2) is 30.3 Å². The summed E-state index contributed by atoms with van der Waals surface area (Å²) in [5, 5.41) is 8.75. The molecule has 0 unspecified atom stereocenters. The summed E-state index contributed by atoms with van der Waals surface area (Å²) in [6.07, 6.45) is -4.84. The van der Waals surface area contributed by atoms with Gasteiger partial charge in [-0.2, -0.15) is 13.2 Å². The zero-order valence-electron chi connectivity index (χ0n) is 8.38. The van der Waals surface area contributed by atoms with Crippen LogP contribution in [0.3, 0.4) is 0 Å². The average Bonchev–Trinajstić information content (AvgIpc) is 2.13. The van der Waals surface area contributed by atoms with E-state index >= 15 is 0 Å². The SMILES string of the molecule is Cc1ccccc1/C(=C\C(F)(F)F)C(=O)O. The van der Waals surface area contributed by atoms with Crippen molar-refractivity contribution in [3.8, 4) is 0 Å². The van der Waals surface area contributed by atoms with Gasteiger partial charge in [0.25, 0.3) is 0 Å². The molecular formula is C11H9F3O2. The molecule has 0 saturated carbocycles. The summed E-state index contributed by atoms with van der Waals surface area (Å²) >= 11 is 0. The molecule has 0 radical (unpaired) electrons. The number of benzene rings is 1. The van der Waals surface area contributed by atoms with Crippen LogP contribution >= 0.6 is 0 Å². The summed E-state index contributed by atoms with van der Waals surface area (Å²) in [6.45, 7) is 1.56. The average molecular weight is 230 g/mol. The van der Waals surface area contributed by atoms with Crippen LogP contribution in [0.2, 0.25) is 0 Å². The lowest BCUT2D eigenvalue weighted by Crippen LogP contribution is -2.09. The van der Waals surface area contributed by atoms with Crippen LogP contribution in [0.1, 0.15) is 11.1 Å². The van der Waals surface area contributed by atoms with E-state index in [0.717, 1.165) is 0 Å². The van der Waals surface area contributed by atoms with Crippen LogP contribution in [-0.4, -0.2) is 17.3 Å². The van der Waals surface area contributed by atoms with Crippen molar-refractivity contribution < 1.29 is 23.1 Å². The molecule has 5 heteroatoms. The topological polar surface area (TPSA) is 37.3 Å². The molecule has 1 aromatic carbocycles. The Balaban J connectivity index is 3.30. The van der Waals surface area contributed by atoms with E-state index in [1.807, 2.05) is 0 Å². The first kappa shape index (κ1) is 12.3. The van der Waals surface area contributed by atoms with Crippen molar-refractivity contribution in [2.24, 2.45) is 0 Å². The molecule has 0 aromatic heterocycles. The molecule has 0 fully saturated rings. The largest absolute Gasteiger partial charge is 0.478 e. The first-order chi connectivity index (χ1) is 7.31. The Morgan fingerprint density at radius 2 is 1.88 bits per heavy atom. The van der Waals surface area contributed by atoms with Crippen LogP contribution in [0.4, 0.5) is 13.2 Å². The van der Waals surface area contributed by atoms with E-state index in [0.29, 0.717) is 5.56 Å². The molecule has 2 nitrogen and oxygen atoms in total. The first-order valence-electron chi connectivity index (χ1n) is 4.40.